The molecule has 0 aliphatic rings. The first-order chi connectivity index (χ1) is 11.2. The van der Waals surface area contributed by atoms with Crippen LogP contribution in [0.1, 0.15) is 0 Å². The van der Waals surface area contributed by atoms with E-state index in [9.17, 15) is 0 Å². The third kappa shape index (κ3) is 2.15. The van der Waals surface area contributed by atoms with Crippen LogP contribution in [0.25, 0.3) is 33.3 Å². The van der Waals surface area contributed by atoms with Crippen LogP contribution in [0.5, 0.6) is 0 Å². The molecule has 0 bridgehead atoms. The fraction of sp³-hybridized carbons (Fsp3) is 0. The number of nitrogens with zero attached hydrogens (tertiary/aromatic N) is 4. The summed E-state index contributed by atoms with van der Waals surface area (Å²) in [7, 11) is 0. The fourth-order valence-electron chi connectivity index (χ4n) is 2.60. The molecule has 0 saturated carbocycles. The fourth-order valence-corrected chi connectivity index (χ4v) is 2.60. The molecule has 7 nitrogen and oxygen atoms in total. The van der Waals surface area contributed by atoms with Gasteiger partial charge in [0.2, 0.25) is 5.95 Å². The highest BCUT2D eigenvalue weighted by atomic mass is 15.1. The summed E-state index contributed by atoms with van der Waals surface area (Å²) in [5.74, 6) is 0.479. The lowest BCUT2D eigenvalue weighted by molar-refractivity contribution is 1.09. The van der Waals surface area contributed by atoms with E-state index in [0.717, 1.165) is 27.8 Å². The van der Waals surface area contributed by atoms with Gasteiger partial charge in [0.15, 0.2) is 0 Å². The number of benzene rings is 1. The van der Waals surface area contributed by atoms with E-state index in [1.54, 1.807) is 18.6 Å². The molecule has 0 saturated heterocycles. The van der Waals surface area contributed by atoms with E-state index in [1.807, 2.05) is 30.3 Å². The highest BCUT2D eigenvalue weighted by Crippen LogP contribution is 2.35. The van der Waals surface area contributed by atoms with Crippen molar-refractivity contribution in [2.45, 2.75) is 0 Å². The van der Waals surface area contributed by atoms with E-state index in [-0.39, 0.29) is 5.95 Å². The zero-order valence-electron chi connectivity index (χ0n) is 12.1. The molecular formula is C16H13N7. The Morgan fingerprint density at radius 1 is 0.913 bits per heavy atom. The summed E-state index contributed by atoms with van der Waals surface area (Å²) in [5, 5.41) is 7.61. The number of aromatic amines is 1. The van der Waals surface area contributed by atoms with Gasteiger partial charge in [-0.3, -0.25) is 5.10 Å². The molecule has 0 atom stereocenters. The summed E-state index contributed by atoms with van der Waals surface area (Å²) in [6.45, 7) is 0. The van der Waals surface area contributed by atoms with Gasteiger partial charge in [-0.2, -0.15) is 5.10 Å². The molecule has 0 spiro atoms. The predicted molar refractivity (Wildman–Crippen MR) is 89.2 cm³/mol. The van der Waals surface area contributed by atoms with Crippen LogP contribution in [0, 0.1) is 0 Å². The van der Waals surface area contributed by atoms with Crippen LogP contribution in [0.2, 0.25) is 0 Å². The zero-order chi connectivity index (χ0) is 15.8. The smallest absolute Gasteiger partial charge is 0.221 e. The van der Waals surface area contributed by atoms with Crippen LogP contribution in [-0.2, 0) is 0 Å². The highest BCUT2D eigenvalue weighted by molar-refractivity contribution is 6.06. The Labute approximate surface area is 131 Å². The summed E-state index contributed by atoms with van der Waals surface area (Å²) < 4.78 is 0. The van der Waals surface area contributed by atoms with Gasteiger partial charge in [0.1, 0.15) is 11.3 Å². The third-order valence-corrected chi connectivity index (χ3v) is 3.63. The van der Waals surface area contributed by atoms with Crippen LogP contribution in [0.15, 0.2) is 48.9 Å². The minimum atomic E-state index is 0.161. The second kappa shape index (κ2) is 5.06. The van der Waals surface area contributed by atoms with Crippen LogP contribution < -0.4 is 11.5 Å². The molecule has 0 aliphatic carbocycles. The number of hydrogen-bond donors (Lipinski definition) is 3. The van der Waals surface area contributed by atoms with Crippen LogP contribution in [-0.4, -0.2) is 25.1 Å². The van der Waals surface area contributed by atoms with Gasteiger partial charge < -0.3 is 11.5 Å². The molecule has 4 aromatic rings. The first-order valence-corrected chi connectivity index (χ1v) is 7.00. The van der Waals surface area contributed by atoms with Crippen LogP contribution in [0.3, 0.4) is 0 Å². The second-order valence-corrected chi connectivity index (χ2v) is 5.06. The standard InChI is InChI=1S/C16H13N7/c17-15-14-12(11(8-19-15)10-6-20-21-7-10)13(22-16(18)23-14)9-4-2-1-3-5-9/h1-8H,(H2,17,19)(H,20,21)(H2,18,22,23). The molecule has 4 rings (SSSR count). The molecule has 3 heterocycles. The van der Waals surface area contributed by atoms with Crippen molar-refractivity contribution < 1.29 is 0 Å². The quantitative estimate of drug-likeness (QED) is 0.522. The molecule has 0 unspecified atom stereocenters. The predicted octanol–water partition coefficient (Wildman–Crippen LogP) is 2.25. The first-order valence-electron chi connectivity index (χ1n) is 7.00. The van der Waals surface area contributed by atoms with Gasteiger partial charge in [0.25, 0.3) is 0 Å². The normalized spacial score (nSPS) is 11.0. The molecular weight excluding hydrogens is 290 g/mol. The lowest BCUT2D eigenvalue weighted by atomic mass is 10.0. The maximum Gasteiger partial charge on any atom is 0.221 e. The minimum absolute atomic E-state index is 0.161. The summed E-state index contributed by atoms with van der Waals surface area (Å²) in [6.07, 6.45) is 5.21. The molecule has 112 valence electrons. The number of H-pyrrole nitrogens is 1. The number of rotatable bonds is 2. The number of nitrogens with one attached hydrogen (secondary N) is 1. The van der Waals surface area contributed by atoms with Gasteiger partial charge in [-0.25, -0.2) is 15.0 Å². The Kier molecular flexibility index (Phi) is 2.90. The van der Waals surface area contributed by atoms with Crippen molar-refractivity contribution in [1.29, 1.82) is 0 Å². The van der Waals surface area contributed by atoms with Crippen molar-refractivity contribution in [2.24, 2.45) is 0 Å². The SMILES string of the molecule is Nc1nc(-c2ccccc2)c2c(-c3cn[nH]c3)cnc(N)c2n1. The Balaban J connectivity index is 2.15. The maximum absolute atomic E-state index is 6.01. The summed E-state index contributed by atoms with van der Waals surface area (Å²) in [5.41, 5.74) is 15.8. The Hall–Kier alpha value is -3.48. The van der Waals surface area contributed by atoms with E-state index >= 15 is 0 Å². The average molecular weight is 303 g/mol. The number of nitrogen functional groups attached to an aromatic ring is 2. The third-order valence-electron chi connectivity index (χ3n) is 3.63. The van der Waals surface area contributed by atoms with Crippen LogP contribution in [0.4, 0.5) is 11.8 Å². The van der Waals surface area contributed by atoms with Gasteiger partial charge in [-0.1, -0.05) is 30.3 Å². The van der Waals surface area contributed by atoms with E-state index in [1.165, 1.54) is 0 Å². The number of nitrogens with two attached hydrogens (primary N) is 2. The molecule has 0 aliphatic heterocycles. The van der Waals surface area contributed by atoms with Crippen molar-refractivity contribution >= 4 is 22.7 Å². The van der Waals surface area contributed by atoms with E-state index in [4.69, 9.17) is 11.5 Å². The van der Waals surface area contributed by atoms with Crippen LogP contribution >= 0.6 is 0 Å². The topological polar surface area (TPSA) is 119 Å². The van der Waals surface area contributed by atoms with Crippen molar-refractivity contribution in [3.63, 3.8) is 0 Å². The van der Waals surface area contributed by atoms with Crippen molar-refractivity contribution in [3.8, 4) is 22.4 Å². The second-order valence-electron chi connectivity index (χ2n) is 5.06. The lowest BCUT2D eigenvalue weighted by Crippen LogP contribution is -2.03. The number of aromatic nitrogens is 5. The Bertz CT molecular complexity index is 978. The zero-order valence-corrected chi connectivity index (χ0v) is 12.1. The molecule has 3 aromatic heterocycles. The lowest BCUT2D eigenvalue weighted by Gasteiger charge is -2.11. The monoisotopic (exact) mass is 303 g/mol. The van der Waals surface area contributed by atoms with E-state index in [0.29, 0.717) is 11.3 Å². The summed E-state index contributed by atoms with van der Waals surface area (Å²) in [4.78, 5) is 12.9. The van der Waals surface area contributed by atoms with E-state index in [2.05, 4.69) is 25.1 Å². The summed E-state index contributed by atoms with van der Waals surface area (Å²) in [6, 6.07) is 9.78. The summed E-state index contributed by atoms with van der Waals surface area (Å²) >= 11 is 0. The molecule has 0 fully saturated rings. The van der Waals surface area contributed by atoms with Crippen molar-refractivity contribution in [2.75, 3.05) is 11.5 Å². The Morgan fingerprint density at radius 2 is 1.74 bits per heavy atom. The number of hydrogen-bond acceptors (Lipinski definition) is 6. The first kappa shape index (κ1) is 13.2. The number of pyridine rings is 1. The average Bonchev–Trinajstić information content (AvgIpc) is 3.10. The highest BCUT2D eigenvalue weighted by Gasteiger charge is 2.17. The molecule has 7 heteroatoms. The van der Waals surface area contributed by atoms with E-state index < -0.39 is 0 Å². The minimum Gasteiger partial charge on any atom is -0.382 e. The van der Waals surface area contributed by atoms with Gasteiger partial charge >= 0.3 is 0 Å². The van der Waals surface area contributed by atoms with Crippen molar-refractivity contribution in [1.82, 2.24) is 25.1 Å². The van der Waals surface area contributed by atoms with Gasteiger partial charge in [-0.15, -0.1) is 0 Å². The van der Waals surface area contributed by atoms with Gasteiger partial charge in [0, 0.05) is 34.5 Å². The molecule has 23 heavy (non-hydrogen) atoms. The molecule has 0 radical (unpaired) electrons. The molecule has 5 N–H and O–H groups in total. The van der Waals surface area contributed by atoms with Gasteiger partial charge in [-0.05, 0) is 0 Å². The largest absolute Gasteiger partial charge is 0.382 e. The molecule has 1 aromatic carbocycles. The molecule has 0 amide bonds. The van der Waals surface area contributed by atoms with Gasteiger partial charge in [0.05, 0.1) is 11.9 Å². The number of anilines is 2. The van der Waals surface area contributed by atoms with Crippen molar-refractivity contribution in [3.05, 3.63) is 48.9 Å². The Morgan fingerprint density at radius 3 is 2.48 bits per heavy atom. The maximum atomic E-state index is 6.01. The number of fused-ring (bicyclic) bond motifs is 1.